The second kappa shape index (κ2) is 5.62. The number of benzene rings is 1. The molecule has 134 valence electrons. The number of hydrogen-bond acceptors (Lipinski definition) is 4. The highest BCUT2D eigenvalue weighted by Gasteiger charge is 2.21. The fourth-order valence-corrected chi connectivity index (χ4v) is 3.28. The lowest BCUT2D eigenvalue weighted by Gasteiger charge is -2.08. The molecule has 0 saturated carbocycles. The smallest absolute Gasteiger partial charge is 0.329 e. The third-order valence-corrected chi connectivity index (χ3v) is 4.70. The number of nitrogens with zero attached hydrogens (tertiary/aromatic N) is 4. The fraction of sp³-hybridized carbons (Fsp3) is 0.278. The lowest BCUT2D eigenvalue weighted by molar-refractivity contribution is 0.340. The van der Waals surface area contributed by atoms with Crippen LogP contribution in [0, 0.1) is 13.8 Å². The molecule has 0 unspecified atom stereocenters. The zero-order valence-corrected chi connectivity index (χ0v) is 15.0. The van der Waals surface area contributed by atoms with Crippen molar-refractivity contribution in [3.05, 3.63) is 56.5 Å². The first-order valence-corrected chi connectivity index (χ1v) is 8.36. The van der Waals surface area contributed by atoms with E-state index in [-0.39, 0.29) is 0 Å². The van der Waals surface area contributed by atoms with Gasteiger partial charge in [0, 0.05) is 24.1 Å². The van der Waals surface area contributed by atoms with E-state index in [1.165, 1.54) is 4.57 Å². The summed E-state index contributed by atoms with van der Waals surface area (Å²) in [6.07, 6.45) is 0. The Balaban J connectivity index is 2.07. The highest BCUT2D eigenvalue weighted by Crippen LogP contribution is 2.25. The van der Waals surface area contributed by atoms with Gasteiger partial charge in [0.15, 0.2) is 11.2 Å². The van der Waals surface area contributed by atoms with Gasteiger partial charge in [-0.05, 0) is 45.0 Å². The summed E-state index contributed by atoms with van der Waals surface area (Å²) in [7, 11) is 1.59. The Bertz CT molecular complexity index is 1250. The van der Waals surface area contributed by atoms with Crippen LogP contribution < -0.4 is 16.0 Å². The van der Waals surface area contributed by atoms with Gasteiger partial charge >= 0.3 is 5.69 Å². The number of aromatic amines is 1. The van der Waals surface area contributed by atoms with Crippen LogP contribution in [0.25, 0.3) is 22.6 Å². The third-order valence-electron chi connectivity index (χ3n) is 4.70. The van der Waals surface area contributed by atoms with E-state index in [0.29, 0.717) is 23.5 Å². The third kappa shape index (κ3) is 2.11. The van der Waals surface area contributed by atoms with Crippen LogP contribution in [0.5, 0.6) is 5.75 Å². The van der Waals surface area contributed by atoms with E-state index in [0.717, 1.165) is 22.8 Å². The monoisotopic (exact) mass is 353 g/mol. The highest BCUT2D eigenvalue weighted by atomic mass is 16.5. The van der Waals surface area contributed by atoms with Gasteiger partial charge < -0.3 is 4.74 Å². The fourth-order valence-electron chi connectivity index (χ4n) is 3.28. The first-order chi connectivity index (χ1) is 12.4. The normalized spacial score (nSPS) is 11.5. The minimum Gasteiger partial charge on any atom is -0.494 e. The number of aromatic nitrogens is 5. The van der Waals surface area contributed by atoms with Crippen LogP contribution in [0.2, 0.25) is 0 Å². The molecule has 3 aromatic heterocycles. The lowest BCUT2D eigenvalue weighted by atomic mass is 10.3. The van der Waals surface area contributed by atoms with Crippen molar-refractivity contribution in [2.45, 2.75) is 20.8 Å². The molecule has 0 saturated heterocycles. The van der Waals surface area contributed by atoms with Crippen LogP contribution in [0.15, 0.2) is 33.9 Å². The van der Waals surface area contributed by atoms with Crippen molar-refractivity contribution >= 4 is 16.9 Å². The molecule has 8 heteroatoms. The predicted molar refractivity (Wildman–Crippen MR) is 98.5 cm³/mol. The molecule has 0 spiro atoms. The average molecular weight is 353 g/mol. The summed E-state index contributed by atoms with van der Waals surface area (Å²) < 4.78 is 10.6. The number of fused-ring (bicyclic) bond motifs is 3. The Morgan fingerprint density at radius 2 is 1.81 bits per heavy atom. The van der Waals surface area contributed by atoms with Gasteiger partial charge in [-0.15, -0.1) is 0 Å². The number of aryl methyl sites for hydroxylation is 2. The summed E-state index contributed by atoms with van der Waals surface area (Å²) in [6.45, 7) is 6.45. The summed E-state index contributed by atoms with van der Waals surface area (Å²) in [5, 5.41) is 0. The highest BCUT2D eigenvalue weighted by molar-refractivity contribution is 5.77. The van der Waals surface area contributed by atoms with E-state index in [1.807, 2.05) is 49.6 Å². The number of nitrogens with one attached hydrogen (secondary N) is 1. The minimum absolute atomic E-state index is 0.358. The Hall–Kier alpha value is -3.29. The van der Waals surface area contributed by atoms with Crippen molar-refractivity contribution in [2.75, 3.05) is 6.61 Å². The molecule has 0 radical (unpaired) electrons. The molecule has 4 aromatic rings. The summed E-state index contributed by atoms with van der Waals surface area (Å²) in [5.74, 6) is 1.38. The molecule has 4 rings (SSSR count). The summed E-state index contributed by atoms with van der Waals surface area (Å²) >= 11 is 0. The van der Waals surface area contributed by atoms with E-state index in [4.69, 9.17) is 4.74 Å². The molecule has 1 N–H and O–H groups in total. The van der Waals surface area contributed by atoms with Crippen LogP contribution in [0.1, 0.15) is 18.3 Å². The molecule has 0 aliphatic carbocycles. The first-order valence-electron chi connectivity index (χ1n) is 8.36. The molecule has 0 aliphatic heterocycles. The van der Waals surface area contributed by atoms with Crippen LogP contribution in [-0.2, 0) is 7.05 Å². The maximum atomic E-state index is 12.4. The van der Waals surface area contributed by atoms with Gasteiger partial charge in [0.05, 0.1) is 6.61 Å². The molecule has 0 amide bonds. The molecule has 0 atom stereocenters. The van der Waals surface area contributed by atoms with E-state index in [9.17, 15) is 9.59 Å². The maximum absolute atomic E-state index is 12.4. The van der Waals surface area contributed by atoms with Gasteiger partial charge in [-0.1, -0.05) is 0 Å². The summed E-state index contributed by atoms with van der Waals surface area (Å²) in [4.78, 5) is 31.2. The number of ether oxygens (including phenoxy) is 1. The second-order valence-electron chi connectivity index (χ2n) is 6.17. The van der Waals surface area contributed by atoms with Crippen LogP contribution in [0.4, 0.5) is 0 Å². The van der Waals surface area contributed by atoms with Crippen molar-refractivity contribution < 1.29 is 4.74 Å². The van der Waals surface area contributed by atoms with Crippen LogP contribution in [0.3, 0.4) is 0 Å². The van der Waals surface area contributed by atoms with Gasteiger partial charge in [0.25, 0.3) is 5.56 Å². The summed E-state index contributed by atoms with van der Waals surface area (Å²) in [6, 6.07) is 7.69. The van der Waals surface area contributed by atoms with Crippen molar-refractivity contribution in [3.8, 4) is 11.4 Å². The Morgan fingerprint density at radius 3 is 2.46 bits per heavy atom. The van der Waals surface area contributed by atoms with Crippen molar-refractivity contribution in [2.24, 2.45) is 7.05 Å². The van der Waals surface area contributed by atoms with Crippen LogP contribution in [-0.4, -0.2) is 30.1 Å². The van der Waals surface area contributed by atoms with Gasteiger partial charge in [-0.2, -0.15) is 4.98 Å². The lowest BCUT2D eigenvalue weighted by Crippen LogP contribution is -2.28. The van der Waals surface area contributed by atoms with E-state index in [1.54, 1.807) is 11.4 Å². The second-order valence-corrected chi connectivity index (χ2v) is 6.17. The van der Waals surface area contributed by atoms with Gasteiger partial charge in [0.2, 0.25) is 5.78 Å². The van der Waals surface area contributed by atoms with Crippen LogP contribution >= 0.6 is 0 Å². The van der Waals surface area contributed by atoms with E-state index >= 15 is 0 Å². The zero-order chi connectivity index (χ0) is 18.6. The Labute approximate surface area is 148 Å². The number of hydrogen-bond donors (Lipinski definition) is 1. The Morgan fingerprint density at radius 1 is 1.12 bits per heavy atom. The SMILES string of the molecule is CCOc1ccc(-n2c(C)c(C)n3c4c(=O)[nH]c(=O)n(C)c4nc23)cc1. The number of imidazole rings is 2. The zero-order valence-electron chi connectivity index (χ0n) is 15.0. The molecule has 0 fully saturated rings. The summed E-state index contributed by atoms with van der Waals surface area (Å²) in [5.41, 5.74) is 2.56. The maximum Gasteiger partial charge on any atom is 0.329 e. The average Bonchev–Trinajstić information content (AvgIpc) is 3.11. The van der Waals surface area contributed by atoms with Gasteiger partial charge in [-0.3, -0.25) is 23.3 Å². The molecular formula is C18H19N5O3. The molecular weight excluding hydrogens is 334 g/mol. The molecule has 0 bridgehead atoms. The number of rotatable bonds is 3. The topological polar surface area (TPSA) is 86.3 Å². The standard InChI is InChI=1S/C18H19N5O3/c1-5-26-13-8-6-12(7-9-13)22-10(2)11(3)23-14-15(19-17(22)23)21(4)18(25)20-16(14)24/h6-9H,5H2,1-4H3,(H,20,24,25). The Kier molecular flexibility index (Phi) is 3.50. The van der Waals surface area contributed by atoms with Gasteiger partial charge in [-0.25, -0.2) is 4.79 Å². The van der Waals surface area contributed by atoms with Gasteiger partial charge in [0.1, 0.15) is 5.75 Å². The minimum atomic E-state index is -0.481. The van der Waals surface area contributed by atoms with E-state index in [2.05, 4.69) is 9.97 Å². The van der Waals surface area contributed by atoms with Crippen molar-refractivity contribution in [1.82, 2.24) is 23.5 Å². The van der Waals surface area contributed by atoms with Crippen molar-refractivity contribution in [1.29, 1.82) is 0 Å². The number of H-pyrrole nitrogens is 1. The molecule has 26 heavy (non-hydrogen) atoms. The largest absolute Gasteiger partial charge is 0.494 e. The quantitative estimate of drug-likeness (QED) is 0.607. The molecule has 3 heterocycles. The first kappa shape index (κ1) is 16.2. The predicted octanol–water partition coefficient (Wildman–Crippen LogP) is 1.68. The molecule has 1 aromatic carbocycles. The molecule has 8 nitrogen and oxygen atoms in total. The van der Waals surface area contributed by atoms with Crippen molar-refractivity contribution in [3.63, 3.8) is 0 Å². The molecule has 0 aliphatic rings. The van der Waals surface area contributed by atoms with E-state index < -0.39 is 11.2 Å².